The van der Waals surface area contributed by atoms with E-state index in [1.54, 1.807) is 0 Å². The lowest BCUT2D eigenvalue weighted by Crippen LogP contribution is -2.33. The molecule has 0 aliphatic heterocycles. The Morgan fingerprint density at radius 3 is 1.30 bits per heavy atom. The van der Waals surface area contributed by atoms with E-state index in [0.29, 0.717) is 20.0 Å². The lowest BCUT2D eigenvalue weighted by molar-refractivity contribution is -0.698. The average molecular weight is 513 g/mol. The van der Waals surface area contributed by atoms with Gasteiger partial charge in [0.2, 0.25) is 0 Å². The first-order valence-corrected chi connectivity index (χ1v) is 15.4. The van der Waals surface area contributed by atoms with Crippen molar-refractivity contribution in [2.45, 2.75) is 143 Å². The molecule has 2 aromatic rings. The molecule has 0 radical (unpaired) electrons. The van der Waals surface area contributed by atoms with E-state index in [1.165, 1.54) is 114 Å². The van der Waals surface area contributed by atoms with Crippen LogP contribution < -0.4 is 9.13 Å². The van der Waals surface area contributed by atoms with Crippen LogP contribution in [-0.4, -0.2) is 6.79 Å². The molecule has 37 heavy (non-hydrogen) atoms. The van der Waals surface area contributed by atoms with Crippen LogP contribution in [0.3, 0.4) is 0 Å². The fraction of sp³-hybridized carbons (Fsp3) is 0.697. The van der Waals surface area contributed by atoms with Gasteiger partial charge in [0.1, 0.15) is 19.9 Å². The molecule has 0 fully saturated rings. The third-order valence-electron chi connectivity index (χ3n) is 7.08. The number of hydrogen-bond donors (Lipinski definition) is 0. The number of hydrogen-bond acceptors (Lipinski definition) is 2. The van der Waals surface area contributed by atoms with E-state index in [-0.39, 0.29) is 0 Å². The molecular weight excluding hydrogens is 456 g/mol. The molecule has 208 valence electrons. The summed E-state index contributed by atoms with van der Waals surface area (Å²) in [6, 6.07) is 8.52. The molecule has 0 saturated carbocycles. The predicted molar refractivity (Wildman–Crippen MR) is 153 cm³/mol. The van der Waals surface area contributed by atoms with E-state index in [2.05, 4.69) is 72.0 Å². The summed E-state index contributed by atoms with van der Waals surface area (Å²) in [5, 5.41) is 0. The van der Waals surface area contributed by atoms with Gasteiger partial charge in [-0.3, -0.25) is 0 Å². The van der Waals surface area contributed by atoms with Gasteiger partial charge in [-0.05, 0) is 25.0 Å². The summed E-state index contributed by atoms with van der Waals surface area (Å²) in [5.41, 5.74) is 2.40. The molecule has 4 heteroatoms. The Kier molecular flexibility index (Phi) is 18.9. The molecule has 0 spiro atoms. The zero-order valence-electron chi connectivity index (χ0n) is 24.2. The standard InChI is InChI=1S/C33H56N2O2/c1-3-5-7-9-11-13-15-17-23-34-25-19-21-32(27-34)29-36-31-37-30-33-22-20-26-35(28-33)24-18-16-14-12-10-8-6-4-2/h19-22,25-28H,3-18,23-24,29-31H2,1-2H3/q+2. The van der Waals surface area contributed by atoms with E-state index in [1.807, 2.05) is 0 Å². The van der Waals surface area contributed by atoms with Gasteiger partial charge in [-0.2, -0.15) is 0 Å². The van der Waals surface area contributed by atoms with Crippen LogP contribution in [0.5, 0.6) is 0 Å². The van der Waals surface area contributed by atoms with E-state index in [0.717, 1.165) is 13.1 Å². The summed E-state index contributed by atoms with van der Waals surface area (Å²) in [6.07, 6.45) is 30.5. The number of nitrogens with zero attached hydrogens (tertiary/aromatic N) is 2. The summed E-state index contributed by atoms with van der Waals surface area (Å²) in [5.74, 6) is 0. The third-order valence-corrected chi connectivity index (χ3v) is 7.08. The first-order chi connectivity index (χ1) is 18.3. The fourth-order valence-electron chi connectivity index (χ4n) is 4.84. The van der Waals surface area contributed by atoms with Gasteiger partial charge < -0.3 is 9.47 Å². The molecule has 0 saturated heterocycles. The molecule has 0 unspecified atom stereocenters. The van der Waals surface area contributed by atoms with Gasteiger partial charge in [-0.15, -0.1) is 0 Å². The minimum atomic E-state index is 0.319. The summed E-state index contributed by atoms with van der Waals surface area (Å²) in [6.45, 7) is 8.23. The molecule has 0 atom stereocenters. The molecular formula is C33H56N2O2+2. The van der Waals surface area contributed by atoms with Crippen molar-refractivity contribution in [1.82, 2.24) is 0 Å². The number of ether oxygens (including phenoxy) is 2. The second kappa shape index (κ2) is 22.2. The summed E-state index contributed by atoms with van der Waals surface area (Å²) in [4.78, 5) is 0. The predicted octanol–water partition coefficient (Wildman–Crippen LogP) is 8.23. The highest BCUT2D eigenvalue weighted by Crippen LogP contribution is 2.09. The molecule has 0 aliphatic carbocycles. The Hall–Kier alpha value is -1.78. The van der Waals surface area contributed by atoms with Crippen LogP contribution in [0.4, 0.5) is 0 Å². The molecule has 2 aromatic heterocycles. The van der Waals surface area contributed by atoms with Crippen molar-refractivity contribution in [2.24, 2.45) is 0 Å². The fourth-order valence-corrected chi connectivity index (χ4v) is 4.84. The smallest absolute Gasteiger partial charge is 0.174 e. The molecule has 4 nitrogen and oxygen atoms in total. The number of rotatable bonds is 24. The number of unbranched alkanes of at least 4 members (excludes halogenated alkanes) is 14. The van der Waals surface area contributed by atoms with E-state index >= 15 is 0 Å². The SMILES string of the molecule is CCCCCCCCCC[n+]1cccc(COCOCc2ccc[n+](CCCCCCCCCC)c2)c1. The quantitative estimate of drug-likeness (QED) is 0.0804. The Morgan fingerprint density at radius 1 is 0.514 bits per heavy atom. The second-order valence-electron chi connectivity index (χ2n) is 10.7. The lowest BCUT2D eigenvalue weighted by Gasteiger charge is -2.06. The van der Waals surface area contributed by atoms with Crippen LogP contribution in [0.15, 0.2) is 49.1 Å². The topological polar surface area (TPSA) is 26.2 Å². The van der Waals surface area contributed by atoms with Crippen molar-refractivity contribution in [3.8, 4) is 0 Å². The second-order valence-corrected chi connectivity index (χ2v) is 10.7. The monoisotopic (exact) mass is 512 g/mol. The number of aryl methyl sites for hydroxylation is 2. The zero-order valence-corrected chi connectivity index (χ0v) is 24.2. The minimum absolute atomic E-state index is 0.319. The first-order valence-electron chi connectivity index (χ1n) is 15.4. The number of aromatic nitrogens is 2. The molecule has 2 rings (SSSR count). The summed E-state index contributed by atoms with van der Waals surface area (Å²) in [7, 11) is 0. The highest BCUT2D eigenvalue weighted by Gasteiger charge is 2.05. The Morgan fingerprint density at radius 2 is 0.892 bits per heavy atom. The average Bonchev–Trinajstić information content (AvgIpc) is 2.92. The number of pyridine rings is 2. The Balaban J connectivity index is 1.53. The van der Waals surface area contributed by atoms with E-state index < -0.39 is 0 Å². The van der Waals surface area contributed by atoms with Crippen molar-refractivity contribution in [2.75, 3.05) is 6.79 Å². The first kappa shape index (κ1) is 31.4. The van der Waals surface area contributed by atoms with Crippen molar-refractivity contribution >= 4 is 0 Å². The highest BCUT2D eigenvalue weighted by atomic mass is 16.7. The van der Waals surface area contributed by atoms with Gasteiger partial charge in [0, 0.05) is 36.1 Å². The highest BCUT2D eigenvalue weighted by molar-refractivity contribution is 5.04. The van der Waals surface area contributed by atoms with Gasteiger partial charge >= 0.3 is 0 Å². The molecule has 0 bridgehead atoms. The summed E-state index contributed by atoms with van der Waals surface area (Å²) >= 11 is 0. The molecule has 0 aliphatic rings. The molecule has 2 heterocycles. The zero-order chi connectivity index (χ0) is 26.2. The van der Waals surface area contributed by atoms with Crippen LogP contribution in [0.2, 0.25) is 0 Å². The van der Waals surface area contributed by atoms with E-state index in [9.17, 15) is 0 Å². The van der Waals surface area contributed by atoms with Crippen LogP contribution in [0, 0.1) is 0 Å². The Bertz CT molecular complexity index is 730. The largest absolute Gasteiger partial charge is 0.350 e. The Labute approximate surface area is 228 Å². The van der Waals surface area contributed by atoms with Crippen LogP contribution >= 0.6 is 0 Å². The third kappa shape index (κ3) is 16.6. The van der Waals surface area contributed by atoms with Gasteiger partial charge in [-0.25, -0.2) is 9.13 Å². The van der Waals surface area contributed by atoms with Crippen LogP contribution in [0.25, 0.3) is 0 Å². The van der Waals surface area contributed by atoms with Gasteiger partial charge in [0.05, 0.1) is 13.2 Å². The van der Waals surface area contributed by atoms with Crippen molar-refractivity contribution in [1.29, 1.82) is 0 Å². The van der Waals surface area contributed by atoms with Crippen LogP contribution in [-0.2, 0) is 35.8 Å². The normalized spacial score (nSPS) is 11.3. The van der Waals surface area contributed by atoms with Crippen LogP contribution in [0.1, 0.15) is 128 Å². The summed E-state index contributed by atoms with van der Waals surface area (Å²) < 4.78 is 16.2. The maximum atomic E-state index is 5.80. The maximum absolute atomic E-state index is 5.80. The maximum Gasteiger partial charge on any atom is 0.174 e. The minimum Gasteiger partial charge on any atom is -0.350 e. The van der Waals surface area contributed by atoms with E-state index in [4.69, 9.17) is 9.47 Å². The van der Waals surface area contributed by atoms with Crippen molar-refractivity contribution < 1.29 is 18.6 Å². The molecule has 0 aromatic carbocycles. The van der Waals surface area contributed by atoms with Crippen molar-refractivity contribution in [3.05, 3.63) is 60.2 Å². The molecule has 0 N–H and O–H groups in total. The van der Waals surface area contributed by atoms with Gasteiger partial charge in [0.15, 0.2) is 24.8 Å². The van der Waals surface area contributed by atoms with Crippen molar-refractivity contribution in [3.63, 3.8) is 0 Å². The van der Waals surface area contributed by atoms with Gasteiger partial charge in [-0.1, -0.05) is 90.9 Å². The lowest BCUT2D eigenvalue weighted by atomic mass is 10.1. The van der Waals surface area contributed by atoms with Gasteiger partial charge in [0.25, 0.3) is 0 Å². The molecule has 0 amide bonds.